The molecular weight excluding hydrogens is 142 g/mol. The third kappa shape index (κ3) is 1.13. The van der Waals surface area contributed by atoms with Gasteiger partial charge in [0.05, 0.1) is 5.92 Å². The fraction of sp³-hybridized carbons (Fsp3) is 0.875. The molecule has 0 aromatic carbocycles. The Kier molecular flexibility index (Phi) is 1.60. The molecule has 2 bridgehead atoms. The maximum Gasteiger partial charge on any atom is 0.308 e. The normalized spacial score (nSPS) is 42.4. The number of fused-ring (bicyclic) bond motifs is 3. The molecule has 0 amide bonds. The highest BCUT2D eigenvalue weighted by Crippen LogP contribution is 2.33. The number of aliphatic carboxylic acids is 1. The van der Waals surface area contributed by atoms with Crippen molar-refractivity contribution in [1.29, 1.82) is 0 Å². The molecular formula is C8H13NO2. The minimum atomic E-state index is -0.619. The lowest BCUT2D eigenvalue weighted by Gasteiger charge is -2.41. The Morgan fingerprint density at radius 2 is 2.27 bits per heavy atom. The van der Waals surface area contributed by atoms with Gasteiger partial charge in [0.1, 0.15) is 0 Å². The Bertz CT molecular complexity index is 173. The Balaban J connectivity index is 2.08. The maximum atomic E-state index is 10.7. The number of nitrogens with one attached hydrogen (secondary N) is 1. The predicted molar refractivity (Wildman–Crippen MR) is 40.3 cm³/mol. The number of carboxylic acid groups (broad SMARTS) is 1. The summed E-state index contributed by atoms with van der Waals surface area (Å²) in [4.78, 5) is 10.7. The van der Waals surface area contributed by atoms with Crippen LogP contribution in [0.3, 0.4) is 0 Å². The van der Waals surface area contributed by atoms with E-state index in [9.17, 15) is 4.79 Å². The molecule has 2 N–H and O–H groups in total. The summed E-state index contributed by atoms with van der Waals surface area (Å²) in [5.74, 6) is -0.101. The molecule has 0 aromatic rings. The van der Waals surface area contributed by atoms with Crippen LogP contribution in [0.5, 0.6) is 0 Å². The monoisotopic (exact) mass is 155 g/mol. The maximum absolute atomic E-state index is 10.7. The van der Waals surface area contributed by atoms with Gasteiger partial charge in [-0.15, -0.1) is 0 Å². The first kappa shape index (κ1) is 7.10. The van der Waals surface area contributed by atoms with Crippen LogP contribution in [0.2, 0.25) is 0 Å². The van der Waals surface area contributed by atoms with Gasteiger partial charge in [-0.3, -0.25) is 4.79 Å². The van der Waals surface area contributed by atoms with Crippen molar-refractivity contribution in [2.45, 2.75) is 25.3 Å². The number of hydrogen-bond donors (Lipinski definition) is 2. The molecule has 2 saturated heterocycles. The van der Waals surface area contributed by atoms with Crippen LogP contribution in [0.4, 0.5) is 0 Å². The number of hydrogen-bond acceptors (Lipinski definition) is 2. The molecule has 0 aromatic heterocycles. The first-order valence-corrected chi connectivity index (χ1v) is 4.23. The largest absolute Gasteiger partial charge is 0.481 e. The van der Waals surface area contributed by atoms with Crippen LogP contribution >= 0.6 is 0 Å². The van der Waals surface area contributed by atoms with Gasteiger partial charge in [0.2, 0.25) is 0 Å². The highest BCUT2D eigenvalue weighted by molar-refractivity contribution is 5.71. The van der Waals surface area contributed by atoms with E-state index in [4.69, 9.17) is 5.11 Å². The summed E-state index contributed by atoms with van der Waals surface area (Å²) < 4.78 is 0. The topological polar surface area (TPSA) is 49.3 Å². The van der Waals surface area contributed by atoms with E-state index < -0.39 is 5.97 Å². The third-order valence-corrected chi connectivity index (χ3v) is 2.94. The van der Waals surface area contributed by atoms with E-state index in [-0.39, 0.29) is 12.0 Å². The highest BCUT2D eigenvalue weighted by atomic mass is 16.4. The predicted octanol–water partition coefficient (Wildman–Crippen LogP) is 0.459. The summed E-state index contributed by atoms with van der Waals surface area (Å²) in [5.41, 5.74) is 0. The Morgan fingerprint density at radius 3 is 2.55 bits per heavy atom. The van der Waals surface area contributed by atoms with E-state index >= 15 is 0 Å². The summed E-state index contributed by atoms with van der Waals surface area (Å²) in [6.07, 6.45) is 3.18. The van der Waals surface area contributed by atoms with Crippen molar-refractivity contribution in [3.63, 3.8) is 0 Å². The van der Waals surface area contributed by atoms with Gasteiger partial charge in [-0.25, -0.2) is 0 Å². The summed E-state index contributed by atoms with van der Waals surface area (Å²) in [6, 6.07) is 0.262. The van der Waals surface area contributed by atoms with Crippen LogP contribution in [0, 0.1) is 11.8 Å². The van der Waals surface area contributed by atoms with Crippen LogP contribution in [-0.2, 0) is 4.79 Å². The molecule has 0 unspecified atom stereocenters. The van der Waals surface area contributed by atoms with Crippen LogP contribution in [0.15, 0.2) is 0 Å². The first-order valence-electron chi connectivity index (χ1n) is 4.23. The molecule has 11 heavy (non-hydrogen) atoms. The van der Waals surface area contributed by atoms with Crippen molar-refractivity contribution in [1.82, 2.24) is 5.32 Å². The summed E-state index contributed by atoms with van der Waals surface area (Å²) >= 11 is 0. The van der Waals surface area contributed by atoms with Crippen molar-refractivity contribution >= 4 is 5.97 Å². The van der Waals surface area contributed by atoms with E-state index in [2.05, 4.69) is 5.32 Å². The lowest BCUT2D eigenvalue weighted by Crippen LogP contribution is -2.52. The molecule has 3 aliphatic rings. The number of piperidine rings is 2. The van der Waals surface area contributed by atoms with Crippen molar-refractivity contribution in [2.24, 2.45) is 11.8 Å². The van der Waals surface area contributed by atoms with Gasteiger partial charge in [-0.05, 0) is 31.7 Å². The molecule has 1 saturated carbocycles. The van der Waals surface area contributed by atoms with Crippen molar-refractivity contribution in [3.05, 3.63) is 0 Å². The van der Waals surface area contributed by atoms with Crippen LogP contribution in [0.1, 0.15) is 19.3 Å². The van der Waals surface area contributed by atoms with Crippen molar-refractivity contribution < 1.29 is 9.90 Å². The molecule has 2 aliphatic heterocycles. The molecule has 2 heterocycles. The fourth-order valence-electron chi connectivity index (χ4n) is 2.28. The van der Waals surface area contributed by atoms with Crippen LogP contribution in [-0.4, -0.2) is 23.7 Å². The van der Waals surface area contributed by atoms with E-state index in [1.807, 2.05) is 0 Å². The Morgan fingerprint density at radius 1 is 1.45 bits per heavy atom. The van der Waals surface area contributed by atoms with Gasteiger partial charge in [0.25, 0.3) is 0 Å². The SMILES string of the molecule is O=C(O)[C@H]1C[C@H]2CC[C@H]1NC2. The van der Waals surface area contributed by atoms with Gasteiger partial charge in [0, 0.05) is 6.04 Å². The second-order valence-electron chi connectivity index (χ2n) is 3.64. The van der Waals surface area contributed by atoms with Crippen LogP contribution in [0.25, 0.3) is 0 Å². The molecule has 3 atom stereocenters. The zero-order valence-corrected chi connectivity index (χ0v) is 6.42. The van der Waals surface area contributed by atoms with Gasteiger partial charge < -0.3 is 10.4 Å². The first-order chi connectivity index (χ1) is 5.27. The van der Waals surface area contributed by atoms with Crippen molar-refractivity contribution in [2.75, 3.05) is 6.54 Å². The standard InChI is InChI=1S/C8H13NO2/c10-8(11)6-3-5-1-2-7(6)9-4-5/h5-7,9H,1-4H2,(H,10,11)/t5-,6+,7-/m1/s1. The highest BCUT2D eigenvalue weighted by Gasteiger charge is 2.38. The second-order valence-corrected chi connectivity index (χ2v) is 3.64. The zero-order chi connectivity index (χ0) is 7.84. The van der Waals surface area contributed by atoms with E-state index in [0.717, 1.165) is 19.4 Å². The van der Waals surface area contributed by atoms with E-state index in [1.54, 1.807) is 0 Å². The quantitative estimate of drug-likeness (QED) is 0.578. The van der Waals surface area contributed by atoms with Gasteiger partial charge in [-0.2, -0.15) is 0 Å². The lowest BCUT2D eigenvalue weighted by atomic mass is 9.74. The third-order valence-electron chi connectivity index (χ3n) is 2.94. The molecule has 3 heteroatoms. The van der Waals surface area contributed by atoms with Gasteiger partial charge >= 0.3 is 5.97 Å². The molecule has 3 rings (SSSR count). The summed E-state index contributed by atoms with van der Waals surface area (Å²) in [7, 11) is 0. The van der Waals surface area contributed by atoms with Crippen molar-refractivity contribution in [3.8, 4) is 0 Å². The zero-order valence-electron chi connectivity index (χ0n) is 6.42. The lowest BCUT2D eigenvalue weighted by molar-refractivity contribution is -0.145. The molecule has 0 spiro atoms. The molecule has 0 radical (unpaired) electrons. The minimum Gasteiger partial charge on any atom is -0.481 e. The smallest absolute Gasteiger partial charge is 0.308 e. The van der Waals surface area contributed by atoms with Gasteiger partial charge in [-0.1, -0.05) is 0 Å². The summed E-state index contributed by atoms with van der Waals surface area (Å²) in [5, 5.41) is 12.1. The van der Waals surface area contributed by atoms with Crippen LogP contribution < -0.4 is 5.32 Å². The van der Waals surface area contributed by atoms with E-state index in [1.165, 1.54) is 6.42 Å². The molecule has 3 nitrogen and oxygen atoms in total. The summed E-state index contributed by atoms with van der Waals surface area (Å²) in [6.45, 7) is 1.04. The number of carbonyl (C=O) groups is 1. The second kappa shape index (κ2) is 2.48. The molecule has 62 valence electrons. The van der Waals surface area contributed by atoms with E-state index in [0.29, 0.717) is 5.92 Å². The number of carboxylic acids is 1. The molecule has 1 aliphatic carbocycles. The Labute approximate surface area is 65.8 Å². The van der Waals surface area contributed by atoms with Gasteiger partial charge in [0.15, 0.2) is 0 Å². The minimum absolute atomic E-state index is 0.109. The number of rotatable bonds is 1. The average Bonchev–Trinajstić information content (AvgIpc) is 2.06. The Hall–Kier alpha value is -0.570. The average molecular weight is 155 g/mol. The molecule has 3 fully saturated rings. The fourth-order valence-corrected chi connectivity index (χ4v) is 2.28.